The first-order valence-electron chi connectivity index (χ1n) is 10.8. The number of allylic oxidation sites excluding steroid dienone is 1. The molecular weight excluding hydrogens is 372 g/mol. The van der Waals surface area contributed by atoms with Gasteiger partial charge < -0.3 is 14.9 Å². The Bertz CT molecular complexity index is 771. The van der Waals surface area contributed by atoms with E-state index in [1.54, 1.807) is 6.08 Å². The van der Waals surface area contributed by atoms with E-state index in [1.165, 1.54) is 6.92 Å². The Morgan fingerprint density at radius 2 is 1.93 bits per heavy atom. The molecule has 3 fully saturated rings. The summed E-state index contributed by atoms with van der Waals surface area (Å²) in [5.41, 5.74) is 0.377. The fraction of sp³-hybridized carbons (Fsp3) is 0.783. The van der Waals surface area contributed by atoms with Crippen molar-refractivity contribution in [3.8, 4) is 0 Å². The van der Waals surface area contributed by atoms with E-state index in [4.69, 9.17) is 4.74 Å². The number of ether oxygens (including phenoxy) is 1. The number of carbonyl (C=O) groups is 3. The summed E-state index contributed by atoms with van der Waals surface area (Å²) < 4.78 is 4.96. The topological polar surface area (TPSA) is 101 Å². The molecule has 6 heteroatoms. The van der Waals surface area contributed by atoms with Gasteiger partial charge in [0.05, 0.1) is 6.10 Å². The summed E-state index contributed by atoms with van der Waals surface area (Å²) in [4.78, 5) is 36.3. The number of carbonyl (C=O) groups excluding carboxylic acids is 3. The van der Waals surface area contributed by atoms with Gasteiger partial charge in [0, 0.05) is 24.7 Å². The minimum atomic E-state index is -1.02. The van der Waals surface area contributed by atoms with Crippen LogP contribution < -0.4 is 0 Å². The maximum Gasteiger partial charge on any atom is 0.303 e. The summed E-state index contributed by atoms with van der Waals surface area (Å²) in [7, 11) is 0. The lowest BCUT2D eigenvalue weighted by Crippen LogP contribution is -2.58. The van der Waals surface area contributed by atoms with Crippen molar-refractivity contribution < 1.29 is 29.3 Å². The van der Waals surface area contributed by atoms with Crippen molar-refractivity contribution in [3.05, 3.63) is 11.6 Å². The number of hydrogen-bond acceptors (Lipinski definition) is 6. The molecule has 2 N–H and O–H groups in total. The second-order valence-electron chi connectivity index (χ2n) is 10.2. The number of aliphatic hydroxyl groups is 2. The van der Waals surface area contributed by atoms with Gasteiger partial charge in [-0.3, -0.25) is 14.4 Å². The minimum Gasteiger partial charge on any atom is -0.458 e. The summed E-state index contributed by atoms with van der Waals surface area (Å²) >= 11 is 0. The predicted molar refractivity (Wildman–Crippen MR) is 105 cm³/mol. The monoisotopic (exact) mass is 404 g/mol. The number of fused-ring (bicyclic) bond motifs is 5. The first kappa shape index (κ1) is 20.7. The zero-order chi connectivity index (χ0) is 21.1. The van der Waals surface area contributed by atoms with Crippen molar-refractivity contribution in [1.29, 1.82) is 0 Å². The van der Waals surface area contributed by atoms with Gasteiger partial charge in [0.2, 0.25) is 0 Å². The van der Waals surface area contributed by atoms with Crippen LogP contribution in [0, 0.1) is 34.5 Å². The van der Waals surface area contributed by atoms with Crippen LogP contribution in [0.1, 0.15) is 59.3 Å². The van der Waals surface area contributed by atoms with E-state index < -0.39 is 23.6 Å². The highest BCUT2D eigenvalue weighted by Gasteiger charge is 2.63. The van der Waals surface area contributed by atoms with Gasteiger partial charge in [0.1, 0.15) is 12.7 Å². The van der Waals surface area contributed by atoms with E-state index >= 15 is 0 Å². The van der Waals surface area contributed by atoms with Gasteiger partial charge in [0.15, 0.2) is 11.6 Å². The van der Waals surface area contributed by atoms with E-state index in [-0.39, 0.29) is 47.8 Å². The number of Topliss-reactive ketones (excluding diaryl/α,β-unsaturated/α-hetero) is 2. The quantitative estimate of drug-likeness (QED) is 0.552. The summed E-state index contributed by atoms with van der Waals surface area (Å²) in [6, 6.07) is 0. The molecule has 160 valence electrons. The Balaban J connectivity index is 1.62. The summed E-state index contributed by atoms with van der Waals surface area (Å²) in [5, 5.41) is 21.3. The lowest BCUT2D eigenvalue weighted by molar-refractivity contribution is -0.155. The Hall–Kier alpha value is -1.53. The first-order chi connectivity index (χ1) is 13.6. The molecule has 0 aromatic rings. The van der Waals surface area contributed by atoms with E-state index in [0.29, 0.717) is 12.3 Å². The van der Waals surface area contributed by atoms with E-state index in [0.717, 1.165) is 31.3 Å². The molecule has 8 atom stereocenters. The summed E-state index contributed by atoms with van der Waals surface area (Å²) in [6.45, 7) is 5.30. The van der Waals surface area contributed by atoms with Gasteiger partial charge >= 0.3 is 5.97 Å². The lowest BCUT2D eigenvalue weighted by Gasteiger charge is -2.59. The molecular formula is C23H32O6. The molecule has 6 nitrogen and oxygen atoms in total. The average Bonchev–Trinajstić information content (AvgIpc) is 2.97. The number of hydrogen-bond donors (Lipinski definition) is 2. The van der Waals surface area contributed by atoms with Crippen LogP contribution in [0.4, 0.5) is 0 Å². The second kappa shape index (κ2) is 7.02. The largest absolute Gasteiger partial charge is 0.458 e. The van der Waals surface area contributed by atoms with Gasteiger partial charge in [-0.05, 0) is 61.3 Å². The summed E-state index contributed by atoms with van der Waals surface area (Å²) in [6.07, 6.45) is 4.31. The number of aliphatic hydroxyl groups excluding tert-OH is 2. The van der Waals surface area contributed by atoms with Crippen LogP contribution in [0.5, 0.6) is 0 Å². The Morgan fingerprint density at radius 3 is 2.62 bits per heavy atom. The van der Waals surface area contributed by atoms with E-state index in [1.807, 2.05) is 0 Å². The highest BCUT2D eigenvalue weighted by molar-refractivity contribution is 5.87. The predicted octanol–water partition coefficient (Wildman–Crippen LogP) is 2.21. The highest BCUT2D eigenvalue weighted by atomic mass is 16.5. The van der Waals surface area contributed by atoms with Crippen LogP contribution in [-0.4, -0.2) is 46.6 Å². The zero-order valence-corrected chi connectivity index (χ0v) is 17.5. The summed E-state index contributed by atoms with van der Waals surface area (Å²) in [5.74, 6) is -0.345. The third-order valence-electron chi connectivity index (χ3n) is 8.70. The Morgan fingerprint density at radius 1 is 1.21 bits per heavy atom. The molecule has 4 aliphatic carbocycles. The average molecular weight is 405 g/mol. The molecule has 0 aliphatic heterocycles. The number of esters is 1. The van der Waals surface area contributed by atoms with E-state index in [2.05, 4.69) is 13.8 Å². The third kappa shape index (κ3) is 3.10. The fourth-order valence-electron chi connectivity index (χ4n) is 7.53. The zero-order valence-electron chi connectivity index (χ0n) is 17.5. The molecule has 0 bridgehead atoms. The molecule has 4 rings (SSSR count). The fourth-order valence-corrected chi connectivity index (χ4v) is 7.53. The van der Waals surface area contributed by atoms with Crippen LogP contribution in [0.25, 0.3) is 0 Å². The van der Waals surface area contributed by atoms with Crippen LogP contribution >= 0.6 is 0 Å². The number of rotatable bonds is 3. The molecule has 0 saturated heterocycles. The van der Waals surface area contributed by atoms with Crippen molar-refractivity contribution in [3.63, 3.8) is 0 Å². The normalized spacial score (nSPS) is 46.2. The molecule has 0 spiro atoms. The number of ketones is 2. The van der Waals surface area contributed by atoms with Gasteiger partial charge in [-0.25, -0.2) is 0 Å². The van der Waals surface area contributed by atoms with Crippen molar-refractivity contribution in [1.82, 2.24) is 0 Å². The first-order valence-corrected chi connectivity index (χ1v) is 10.8. The molecule has 0 aromatic carbocycles. The standard InChI is InChI=1S/C23H32O6/c1-12(24)29-11-20(28)16-7-6-15-14-5-4-13-8-17(25)18(26)9-22(13,2)21(14)19(27)10-23(15,16)3/h8,14-17,19,21,25,27H,4-7,9-11H2,1-3H3/t14-,15-,16+,17?,19-,21+,22-,23-/m0/s1. The molecule has 0 heterocycles. The van der Waals surface area contributed by atoms with Crippen LogP contribution in [0.2, 0.25) is 0 Å². The van der Waals surface area contributed by atoms with Gasteiger partial charge in [-0.1, -0.05) is 19.4 Å². The lowest BCUT2D eigenvalue weighted by atomic mass is 9.45. The van der Waals surface area contributed by atoms with Gasteiger partial charge in [-0.2, -0.15) is 0 Å². The highest BCUT2D eigenvalue weighted by Crippen LogP contribution is 2.66. The van der Waals surface area contributed by atoms with Gasteiger partial charge in [-0.15, -0.1) is 0 Å². The maximum absolute atomic E-state index is 12.8. The Labute approximate surface area is 171 Å². The third-order valence-corrected chi connectivity index (χ3v) is 8.70. The van der Waals surface area contributed by atoms with Crippen molar-refractivity contribution in [2.24, 2.45) is 34.5 Å². The van der Waals surface area contributed by atoms with E-state index in [9.17, 15) is 24.6 Å². The molecule has 0 aromatic heterocycles. The van der Waals surface area contributed by atoms with Gasteiger partial charge in [0.25, 0.3) is 0 Å². The van der Waals surface area contributed by atoms with Crippen molar-refractivity contribution in [2.75, 3.05) is 6.61 Å². The maximum atomic E-state index is 12.8. The Kier molecular flexibility index (Phi) is 5.02. The molecule has 0 radical (unpaired) electrons. The SMILES string of the molecule is CC(=O)OCC(=O)[C@H]1CC[C@H]2[C@@H]3CCC4=CC(O)C(=O)C[C@]4(C)[C@H]3[C@@H](O)C[C@]12C. The van der Waals surface area contributed by atoms with Crippen LogP contribution in [0.3, 0.4) is 0 Å². The molecule has 0 amide bonds. The minimum absolute atomic E-state index is 0.0284. The van der Waals surface area contributed by atoms with Crippen LogP contribution in [-0.2, 0) is 19.1 Å². The van der Waals surface area contributed by atoms with Crippen LogP contribution in [0.15, 0.2) is 11.6 Å². The van der Waals surface area contributed by atoms with Crippen molar-refractivity contribution >= 4 is 17.5 Å². The molecule has 4 aliphatic rings. The smallest absolute Gasteiger partial charge is 0.303 e. The van der Waals surface area contributed by atoms with Crippen molar-refractivity contribution in [2.45, 2.75) is 71.5 Å². The second-order valence-corrected chi connectivity index (χ2v) is 10.2. The molecule has 1 unspecified atom stereocenters. The molecule has 3 saturated carbocycles. The molecule has 29 heavy (non-hydrogen) atoms.